The number of halogens is 1. The van der Waals surface area contributed by atoms with Gasteiger partial charge in [-0.25, -0.2) is 4.79 Å². The van der Waals surface area contributed by atoms with Gasteiger partial charge in [0.05, 0.1) is 12.6 Å². The SMILES string of the molecule is CCN(Cc1cccs1)C(=O)N[C@H](C)c1cccc(Br)c1. The van der Waals surface area contributed by atoms with Gasteiger partial charge in [-0.1, -0.05) is 34.1 Å². The molecule has 0 unspecified atom stereocenters. The predicted molar refractivity (Wildman–Crippen MR) is 91.5 cm³/mol. The molecule has 0 aliphatic rings. The van der Waals surface area contributed by atoms with Crippen molar-refractivity contribution in [3.8, 4) is 0 Å². The minimum atomic E-state index is -0.0293. The molecule has 0 radical (unpaired) electrons. The number of thiophene rings is 1. The second kappa shape index (κ2) is 7.61. The second-order valence-electron chi connectivity index (χ2n) is 4.82. The van der Waals surface area contributed by atoms with Crippen molar-refractivity contribution < 1.29 is 4.79 Å². The van der Waals surface area contributed by atoms with Gasteiger partial charge in [0.25, 0.3) is 0 Å². The molecule has 1 atom stereocenters. The lowest BCUT2D eigenvalue weighted by Gasteiger charge is -2.23. The largest absolute Gasteiger partial charge is 0.331 e. The maximum absolute atomic E-state index is 12.4. The van der Waals surface area contributed by atoms with E-state index in [1.54, 1.807) is 11.3 Å². The summed E-state index contributed by atoms with van der Waals surface area (Å²) < 4.78 is 1.02. The molecule has 2 aromatic rings. The minimum absolute atomic E-state index is 0.0209. The lowest BCUT2D eigenvalue weighted by Crippen LogP contribution is -2.40. The number of benzene rings is 1. The molecule has 0 saturated heterocycles. The summed E-state index contributed by atoms with van der Waals surface area (Å²) in [6.07, 6.45) is 0. The third kappa shape index (κ3) is 4.58. The molecule has 1 heterocycles. The number of urea groups is 1. The van der Waals surface area contributed by atoms with E-state index in [2.05, 4.69) is 27.3 Å². The molecule has 0 bridgehead atoms. The second-order valence-corrected chi connectivity index (χ2v) is 6.77. The highest BCUT2D eigenvalue weighted by Gasteiger charge is 2.16. The van der Waals surface area contributed by atoms with Crippen LogP contribution in [0.25, 0.3) is 0 Å². The van der Waals surface area contributed by atoms with Crippen molar-refractivity contribution >= 4 is 33.3 Å². The molecule has 112 valence electrons. The van der Waals surface area contributed by atoms with Crippen LogP contribution in [0.3, 0.4) is 0 Å². The molecule has 0 aliphatic heterocycles. The average Bonchev–Trinajstić information content (AvgIpc) is 2.97. The van der Waals surface area contributed by atoms with E-state index < -0.39 is 0 Å². The zero-order valence-corrected chi connectivity index (χ0v) is 14.6. The molecule has 0 aliphatic carbocycles. The van der Waals surface area contributed by atoms with Crippen molar-refractivity contribution in [2.45, 2.75) is 26.4 Å². The first-order chi connectivity index (χ1) is 10.1. The van der Waals surface area contributed by atoms with Gasteiger partial charge in [-0.3, -0.25) is 0 Å². The molecular weight excluding hydrogens is 348 g/mol. The van der Waals surface area contributed by atoms with E-state index in [1.807, 2.05) is 54.5 Å². The molecule has 2 rings (SSSR count). The van der Waals surface area contributed by atoms with Gasteiger partial charge in [0.2, 0.25) is 0 Å². The number of nitrogens with one attached hydrogen (secondary N) is 1. The van der Waals surface area contributed by atoms with Crippen LogP contribution in [0.2, 0.25) is 0 Å². The zero-order chi connectivity index (χ0) is 15.2. The van der Waals surface area contributed by atoms with Gasteiger partial charge in [0, 0.05) is 15.9 Å². The van der Waals surface area contributed by atoms with E-state index in [-0.39, 0.29) is 12.1 Å². The summed E-state index contributed by atoms with van der Waals surface area (Å²) >= 11 is 5.13. The summed E-state index contributed by atoms with van der Waals surface area (Å²) in [7, 11) is 0. The Morgan fingerprint density at radius 2 is 2.19 bits per heavy atom. The van der Waals surface area contributed by atoms with E-state index in [0.717, 1.165) is 10.0 Å². The van der Waals surface area contributed by atoms with Crippen molar-refractivity contribution in [3.63, 3.8) is 0 Å². The Kier molecular flexibility index (Phi) is 5.82. The van der Waals surface area contributed by atoms with Gasteiger partial charge in [-0.15, -0.1) is 11.3 Å². The van der Waals surface area contributed by atoms with E-state index >= 15 is 0 Å². The van der Waals surface area contributed by atoms with Crippen molar-refractivity contribution in [1.82, 2.24) is 10.2 Å². The quantitative estimate of drug-likeness (QED) is 0.809. The van der Waals surface area contributed by atoms with Crippen LogP contribution in [0.5, 0.6) is 0 Å². The Hall–Kier alpha value is -1.33. The van der Waals surface area contributed by atoms with Crippen molar-refractivity contribution in [2.75, 3.05) is 6.54 Å². The molecule has 1 N–H and O–H groups in total. The number of amides is 2. The first kappa shape index (κ1) is 16.0. The molecule has 0 spiro atoms. The number of hydrogen-bond acceptors (Lipinski definition) is 2. The lowest BCUT2D eigenvalue weighted by atomic mass is 10.1. The van der Waals surface area contributed by atoms with Crippen molar-refractivity contribution in [1.29, 1.82) is 0 Å². The standard InChI is InChI=1S/C16H19BrN2OS/c1-3-19(11-15-8-5-9-21-15)16(20)18-12(2)13-6-4-7-14(17)10-13/h4-10,12H,3,11H2,1-2H3,(H,18,20)/t12-/m1/s1. The number of carbonyl (C=O) groups is 1. The maximum Gasteiger partial charge on any atom is 0.318 e. The zero-order valence-electron chi connectivity index (χ0n) is 12.2. The number of rotatable bonds is 5. The number of carbonyl (C=O) groups excluding carboxylic acids is 1. The number of nitrogens with zero attached hydrogens (tertiary/aromatic N) is 1. The van der Waals surface area contributed by atoms with Crippen LogP contribution in [0, 0.1) is 0 Å². The first-order valence-electron chi connectivity index (χ1n) is 6.93. The van der Waals surface area contributed by atoms with Gasteiger partial charge in [0.1, 0.15) is 0 Å². The third-order valence-electron chi connectivity index (χ3n) is 3.28. The number of hydrogen-bond donors (Lipinski definition) is 1. The lowest BCUT2D eigenvalue weighted by molar-refractivity contribution is 0.195. The fraction of sp³-hybridized carbons (Fsp3) is 0.312. The van der Waals surface area contributed by atoms with Gasteiger partial charge in [-0.2, -0.15) is 0 Å². The molecule has 1 aromatic heterocycles. The van der Waals surface area contributed by atoms with E-state index in [1.165, 1.54) is 4.88 Å². The average molecular weight is 367 g/mol. The van der Waals surface area contributed by atoms with Crippen LogP contribution in [0.1, 0.15) is 30.3 Å². The normalized spacial score (nSPS) is 12.0. The Morgan fingerprint density at radius 1 is 1.38 bits per heavy atom. The highest BCUT2D eigenvalue weighted by Crippen LogP contribution is 2.18. The molecular formula is C16H19BrN2OS. The Labute approximate surface area is 138 Å². The van der Waals surface area contributed by atoms with Gasteiger partial charge < -0.3 is 10.2 Å². The molecule has 0 saturated carbocycles. The van der Waals surface area contributed by atoms with E-state index in [0.29, 0.717) is 13.1 Å². The van der Waals surface area contributed by atoms with Crippen molar-refractivity contribution in [3.05, 3.63) is 56.7 Å². The summed E-state index contributed by atoms with van der Waals surface area (Å²) in [6, 6.07) is 12.0. The van der Waals surface area contributed by atoms with E-state index in [9.17, 15) is 4.79 Å². The molecule has 21 heavy (non-hydrogen) atoms. The summed E-state index contributed by atoms with van der Waals surface area (Å²) in [6.45, 7) is 5.34. The van der Waals surface area contributed by atoms with E-state index in [4.69, 9.17) is 0 Å². The summed E-state index contributed by atoms with van der Waals surface area (Å²) in [5, 5.41) is 5.09. The highest BCUT2D eigenvalue weighted by molar-refractivity contribution is 9.10. The van der Waals surface area contributed by atoms with Crippen molar-refractivity contribution in [2.24, 2.45) is 0 Å². The first-order valence-corrected chi connectivity index (χ1v) is 8.60. The Morgan fingerprint density at radius 3 is 2.81 bits per heavy atom. The molecule has 3 nitrogen and oxygen atoms in total. The smallest absolute Gasteiger partial charge is 0.318 e. The molecule has 1 aromatic carbocycles. The fourth-order valence-electron chi connectivity index (χ4n) is 2.05. The third-order valence-corrected chi connectivity index (χ3v) is 4.64. The molecule has 0 fully saturated rings. The van der Waals surface area contributed by atoms with Gasteiger partial charge in [0.15, 0.2) is 0 Å². The minimum Gasteiger partial charge on any atom is -0.331 e. The Balaban J connectivity index is 1.98. The monoisotopic (exact) mass is 366 g/mol. The van der Waals surface area contributed by atoms with Crippen LogP contribution in [0.15, 0.2) is 46.3 Å². The van der Waals surface area contributed by atoms with Gasteiger partial charge in [-0.05, 0) is 43.0 Å². The predicted octanol–water partition coefficient (Wildman–Crippen LogP) is 4.80. The molecule has 2 amide bonds. The van der Waals surface area contributed by atoms with Crippen LogP contribution in [-0.4, -0.2) is 17.5 Å². The summed E-state index contributed by atoms with van der Waals surface area (Å²) in [5.74, 6) is 0. The summed E-state index contributed by atoms with van der Waals surface area (Å²) in [5.41, 5.74) is 1.09. The summed E-state index contributed by atoms with van der Waals surface area (Å²) in [4.78, 5) is 15.4. The topological polar surface area (TPSA) is 32.3 Å². The maximum atomic E-state index is 12.4. The van der Waals surface area contributed by atoms with Crippen LogP contribution < -0.4 is 5.32 Å². The van der Waals surface area contributed by atoms with Crippen LogP contribution >= 0.6 is 27.3 Å². The Bertz CT molecular complexity index is 586. The highest BCUT2D eigenvalue weighted by atomic mass is 79.9. The molecule has 5 heteroatoms. The fourth-order valence-corrected chi connectivity index (χ4v) is 3.19. The van der Waals surface area contributed by atoms with Crippen LogP contribution in [-0.2, 0) is 6.54 Å². The van der Waals surface area contributed by atoms with Crippen LogP contribution in [0.4, 0.5) is 4.79 Å². The van der Waals surface area contributed by atoms with Gasteiger partial charge >= 0.3 is 6.03 Å².